The van der Waals surface area contributed by atoms with E-state index in [9.17, 15) is 9.59 Å². The highest BCUT2D eigenvalue weighted by Crippen LogP contribution is 2.18. The Morgan fingerprint density at radius 2 is 1.22 bits per heavy atom. The zero-order valence-corrected chi connectivity index (χ0v) is 13.1. The molecule has 1 rings (SSSR count). The maximum atomic E-state index is 9.84. The minimum Gasteiger partial charge on any atom is -0.396 e. The van der Waals surface area contributed by atoms with Gasteiger partial charge in [-0.25, -0.2) is 19.6 Å². The molecule has 1 aromatic rings. The predicted octanol–water partition coefficient (Wildman–Crippen LogP) is 0.718. The second-order valence-corrected chi connectivity index (χ2v) is 4.96. The lowest BCUT2D eigenvalue weighted by atomic mass is 9.88. The van der Waals surface area contributed by atoms with E-state index in [0.29, 0.717) is 19.5 Å². The molecule has 0 radical (unpaired) electrons. The molecule has 0 saturated carbocycles. The number of nitrogens with zero attached hydrogens (tertiary/aromatic N) is 2. The molecule has 0 spiro atoms. The standard InChI is InChI=1S/C10H8N2O2.C6H14O3/c13-7-11-5-9-1-2-10(4-3-9)6-12-8-14;1-2-6(3-7,4-8)5-9/h1-4H,5-6H2;7-9H,2-5H2,1H3. The molecule has 23 heavy (non-hydrogen) atoms. The van der Waals surface area contributed by atoms with Crippen LogP contribution in [0.25, 0.3) is 0 Å². The second kappa shape index (κ2) is 12.4. The topological polar surface area (TPSA) is 120 Å². The third-order valence-corrected chi connectivity index (χ3v) is 3.43. The van der Waals surface area contributed by atoms with Gasteiger partial charge in [-0.05, 0) is 17.5 Å². The van der Waals surface area contributed by atoms with Gasteiger partial charge in [-0.15, -0.1) is 0 Å². The lowest BCUT2D eigenvalue weighted by Gasteiger charge is -2.24. The number of hydrogen-bond donors (Lipinski definition) is 3. The number of carbonyl (C=O) groups excluding carboxylic acids is 2. The number of rotatable bonds is 8. The number of benzene rings is 1. The zero-order valence-electron chi connectivity index (χ0n) is 13.1. The van der Waals surface area contributed by atoms with Crippen molar-refractivity contribution in [1.82, 2.24) is 0 Å². The molecule has 0 aromatic heterocycles. The quantitative estimate of drug-likeness (QED) is 0.481. The SMILES string of the molecule is CCC(CO)(CO)CO.O=C=NCc1ccc(CN=C=O)cc1. The monoisotopic (exact) mass is 322 g/mol. The largest absolute Gasteiger partial charge is 0.396 e. The third kappa shape index (κ3) is 8.16. The van der Waals surface area contributed by atoms with Crippen LogP contribution in [-0.2, 0) is 22.7 Å². The third-order valence-electron chi connectivity index (χ3n) is 3.43. The summed E-state index contributed by atoms with van der Waals surface area (Å²) in [4.78, 5) is 26.6. The molecule has 0 aliphatic rings. The summed E-state index contributed by atoms with van der Waals surface area (Å²) in [6, 6.07) is 7.32. The Morgan fingerprint density at radius 3 is 1.39 bits per heavy atom. The Balaban J connectivity index is 0.000000468. The van der Waals surface area contributed by atoms with E-state index in [-0.39, 0.29) is 19.8 Å². The van der Waals surface area contributed by atoms with E-state index in [1.165, 1.54) is 12.2 Å². The van der Waals surface area contributed by atoms with Gasteiger partial charge < -0.3 is 15.3 Å². The van der Waals surface area contributed by atoms with Gasteiger partial charge in [0.2, 0.25) is 12.2 Å². The molecule has 0 heterocycles. The van der Waals surface area contributed by atoms with Crippen LogP contribution in [0.2, 0.25) is 0 Å². The molecule has 0 aliphatic carbocycles. The van der Waals surface area contributed by atoms with Crippen LogP contribution in [-0.4, -0.2) is 47.3 Å². The molecule has 3 N–H and O–H groups in total. The van der Waals surface area contributed by atoms with E-state index in [1.54, 1.807) is 0 Å². The number of isocyanates is 2. The lowest BCUT2D eigenvalue weighted by Crippen LogP contribution is -2.32. The molecule has 1 aromatic carbocycles. The van der Waals surface area contributed by atoms with Crippen LogP contribution in [0, 0.1) is 5.41 Å². The molecular formula is C16H22N2O5. The van der Waals surface area contributed by atoms with Crippen molar-refractivity contribution in [1.29, 1.82) is 0 Å². The van der Waals surface area contributed by atoms with Gasteiger partial charge in [0.1, 0.15) is 0 Å². The summed E-state index contributed by atoms with van der Waals surface area (Å²) in [5.41, 5.74) is 1.18. The summed E-state index contributed by atoms with van der Waals surface area (Å²) in [7, 11) is 0. The Bertz CT molecular complexity index is 471. The molecule has 126 valence electrons. The molecule has 7 heteroatoms. The number of aliphatic hydroxyl groups excluding tert-OH is 3. The van der Waals surface area contributed by atoms with E-state index in [0.717, 1.165) is 11.1 Å². The van der Waals surface area contributed by atoms with E-state index >= 15 is 0 Å². The van der Waals surface area contributed by atoms with Gasteiger partial charge in [-0.2, -0.15) is 0 Å². The summed E-state index contributed by atoms with van der Waals surface area (Å²) in [6.07, 6.45) is 3.53. The number of hydrogen-bond acceptors (Lipinski definition) is 7. The molecule has 0 aliphatic heterocycles. The van der Waals surface area contributed by atoms with Crippen LogP contribution >= 0.6 is 0 Å². The van der Waals surface area contributed by atoms with Crippen molar-refractivity contribution in [3.8, 4) is 0 Å². The minimum absolute atomic E-state index is 0.156. The Morgan fingerprint density at radius 1 is 0.870 bits per heavy atom. The van der Waals surface area contributed by atoms with E-state index in [2.05, 4.69) is 9.98 Å². The normalized spacial score (nSPS) is 9.91. The van der Waals surface area contributed by atoms with Crippen LogP contribution in [0.1, 0.15) is 24.5 Å². The first kappa shape index (κ1) is 20.9. The van der Waals surface area contributed by atoms with Crippen LogP contribution < -0.4 is 0 Å². The lowest BCUT2D eigenvalue weighted by molar-refractivity contribution is 0.00304. The van der Waals surface area contributed by atoms with Crippen LogP contribution in [0.3, 0.4) is 0 Å². The maximum absolute atomic E-state index is 9.84. The zero-order chi connectivity index (χ0) is 17.6. The fraction of sp³-hybridized carbons (Fsp3) is 0.500. The molecule has 0 amide bonds. The van der Waals surface area contributed by atoms with Crippen molar-refractivity contribution >= 4 is 12.2 Å². The maximum Gasteiger partial charge on any atom is 0.235 e. The smallest absolute Gasteiger partial charge is 0.235 e. The van der Waals surface area contributed by atoms with E-state index in [4.69, 9.17) is 15.3 Å². The Kier molecular flexibility index (Phi) is 11.3. The van der Waals surface area contributed by atoms with Crippen LogP contribution in [0.15, 0.2) is 34.3 Å². The van der Waals surface area contributed by atoms with Gasteiger partial charge in [0.05, 0.1) is 32.9 Å². The molecule has 0 fully saturated rings. The van der Waals surface area contributed by atoms with Gasteiger partial charge >= 0.3 is 0 Å². The number of aliphatic imine (C=N–C) groups is 2. The average molecular weight is 322 g/mol. The minimum atomic E-state index is -0.667. The summed E-state index contributed by atoms with van der Waals surface area (Å²) in [6.45, 7) is 2.02. The Hall–Kier alpha value is -2.14. The van der Waals surface area contributed by atoms with Crippen molar-refractivity contribution in [3.63, 3.8) is 0 Å². The highest BCUT2D eigenvalue weighted by Gasteiger charge is 2.24. The predicted molar refractivity (Wildman–Crippen MR) is 84.1 cm³/mol. The summed E-state index contributed by atoms with van der Waals surface area (Å²) < 4.78 is 0. The van der Waals surface area contributed by atoms with Crippen LogP contribution in [0.5, 0.6) is 0 Å². The van der Waals surface area contributed by atoms with Gasteiger partial charge in [-0.1, -0.05) is 31.2 Å². The molecule has 7 nitrogen and oxygen atoms in total. The van der Waals surface area contributed by atoms with Crippen molar-refractivity contribution in [2.45, 2.75) is 26.4 Å². The van der Waals surface area contributed by atoms with Crippen molar-refractivity contribution in [2.75, 3.05) is 19.8 Å². The first-order chi connectivity index (χ1) is 11.1. The van der Waals surface area contributed by atoms with Crippen LogP contribution in [0.4, 0.5) is 0 Å². The van der Waals surface area contributed by atoms with E-state index in [1.807, 2.05) is 31.2 Å². The van der Waals surface area contributed by atoms with E-state index < -0.39 is 5.41 Å². The fourth-order valence-corrected chi connectivity index (χ4v) is 1.48. The van der Waals surface area contributed by atoms with Crippen molar-refractivity contribution in [3.05, 3.63) is 35.4 Å². The molecule has 0 saturated heterocycles. The van der Waals surface area contributed by atoms with Gasteiger partial charge in [0, 0.05) is 5.41 Å². The Labute approximate surface area is 135 Å². The first-order valence-electron chi connectivity index (χ1n) is 7.09. The fourth-order valence-electron chi connectivity index (χ4n) is 1.48. The van der Waals surface area contributed by atoms with Crippen molar-refractivity contribution < 1.29 is 24.9 Å². The van der Waals surface area contributed by atoms with Gasteiger partial charge in [0.25, 0.3) is 0 Å². The van der Waals surface area contributed by atoms with Crippen molar-refractivity contribution in [2.24, 2.45) is 15.4 Å². The van der Waals surface area contributed by atoms with Gasteiger partial charge in [-0.3, -0.25) is 0 Å². The summed E-state index contributed by atoms with van der Waals surface area (Å²) >= 11 is 0. The first-order valence-corrected chi connectivity index (χ1v) is 7.09. The molecule has 0 unspecified atom stereocenters. The second-order valence-electron chi connectivity index (χ2n) is 4.96. The van der Waals surface area contributed by atoms with Gasteiger partial charge in [0.15, 0.2) is 0 Å². The summed E-state index contributed by atoms with van der Waals surface area (Å²) in [5, 5.41) is 26.0. The number of aliphatic hydroxyl groups is 3. The molecule has 0 bridgehead atoms. The molecule has 0 atom stereocenters. The summed E-state index contributed by atoms with van der Waals surface area (Å²) in [5.74, 6) is 0. The highest BCUT2D eigenvalue weighted by molar-refractivity contribution is 5.35. The highest BCUT2D eigenvalue weighted by atomic mass is 16.3. The molecular weight excluding hydrogens is 300 g/mol. The average Bonchev–Trinajstić information content (AvgIpc) is 2.62.